The topological polar surface area (TPSA) is 38.7 Å². The molecule has 0 bridgehead atoms. The first-order chi connectivity index (χ1) is 8.15. The second-order valence-corrected chi connectivity index (χ2v) is 4.42. The summed E-state index contributed by atoms with van der Waals surface area (Å²) >= 11 is 0. The molecule has 0 unspecified atom stereocenters. The van der Waals surface area contributed by atoms with Crippen molar-refractivity contribution in [3.05, 3.63) is 35.9 Å². The van der Waals surface area contributed by atoms with E-state index in [-0.39, 0.29) is 5.97 Å². The van der Waals surface area contributed by atoms with Crippen LogP contribution >= 0.6 is 0 Å². The number of nitrogens with zero attached hydrogens (tertiary/aromatic N) is 1. The Morgan fingerprint density at radius 3 is 2.76 bits per heavy atom. The molecule has 1 aromatic rings. The molecule has 1 atom stereocenters. The second-order valence-electron chi connectivity index (χ2n) is 4.42. The molecule has 17 heavy (non-hydrogen) atoms. The summed E-state index contributed by atoms with van der Waals surface area (Å²) < 4.78 is 5.07. The summed E-state index contributed by atoms with van der Waals surface area (Å²) in [6, 6.07) is 9.99. The Balaban J connectivity index is 2.21. The van der Waals surface area contributed by atoms with Crippen LogP contribution in [0.3, 0.4) is 0 Å². The minimum Gasteiger partial charge on any atom is -0.464 e. The summed E-state index contributed by atoms with van der Waals surface area (Å²) in [5, 5.41) is 0. The van der Waals surface area contributed by atoms with Gasteiger partial charge >= 0.3 is 5.97 Å². The quantitative estimate of drug-likeness (QED) is 0.750. The maximum atomic E-state index is 11.8. The molecule has 0 aliphatic carbocycles. The molecule has 0 aromatic heterocycles. The van der Waals surface area contributed by atoms with Gasteiger partial charge in [0.2, 0.25) is 0 Å². The lowest BCUT2D eigenvalue weighted by Gasteiger charge is -2.17. The molecule has 1 aliphatic rings. The van der Waals surface area contributed by atoms with E-state index in [4.69, 9.17) is 4.74 Å². The minimum atomic E-state index is -0.693. The van der Waals surface area contributed by atoms with Gasteiger partial charge in [-0.1, -0.05) is 30.3 Å². The molecule has 3 heteroatoms. The van der Waals surface area contributed by atoms with E-state index in [1.54, 1.807) is 0 Å². The van der Waals surface area contributed by atoms with Gasteiger partial charge in [0.15, 0.2) is 5.54 Å². The zero-order valence-corrected chi connectivity index (χ0v) is 10.3. The van der Waals surface area contributed by atoms with Gasteiger partial charge in [-0.15, -0.1) is 0 Å². The van der Waals surface area contributed by atoms with Gasteiger partial charge in [-0.05, 0) is 32.3 Å². The summed E-state index contributed by atoms with van der Waals surface area (Å²) in [6.45, 7) is 4.07. The first kappa shape index (κ1) is 11.8. The molecular weight excluding hydrogens is 214 g/mol. The molecule has 1 aliphatic heterocycles. The lowest BCUT2D eigenvalue weighted by molar-refractivity contribution is -0.148. The third-order valence-corrected chi connectivity index (χ3v) is 3.05. The molecule has 0 saturated heterocycles. The third kappa shape index (κ3) is 2.38. The molecule has 90 valence electrons. The van der Waals surface area contributed by atoms with Gasteiger partial charge in [-0.25, -0.2) is 4.79 Å². The van der Waals surface area contributed by atoms with Crippen LogP contribution in [0.4, 0.5) is 0 Å². The van der Waals surface area contributed by atoms with Crippen LogP contribution in [0.1, 0.15) is 32.3 Å². The molecule has 0 saturated carbocycles. The number of carbonyl (C=O) groups excluding carboxylic acids is 1. The molecule has 0 amide bonds. The van der Waals surface area contributed by atoms with Crippen LogP contribution in [0.5, 0.6) is 0 Å². The third-order valence-electron chi connectivity index (χ3n) is 3.05. The van der Waals surface area contributed by atoms with Gasteiger partial charge in [0.05, 0.1) is 6.61 Å². The van der Waals surface area contributed by atoms with Gasteiger partial charge in [-0.3, -0.25) is 4.99 Å². The van der Waals surface area contributed by atoms with Crippen molar-refractivity contribution in [1.29, 1.82) is 0 Å². The Morgan fingerprint density at radius 1 is 1.41 bits per heavy atom. The minimum absolute atomic E-state index is 0.217. The van der Waals surface area contributed by atoms with Crippen molar-refractivity contribution in [2.75, 3.05) is 6.61 Å². The van der Waals surface area contributed by atoms with Crippen LogP contribution < -0.4 is 0 Å². The highest BCUT2D eigenvalue weighted by Crippen LogP contribution is 2.29. The van der Waals surface area contributed by atoms with Gasteiger partial charge < -0.3 is 4.74 Å². The highest BCUT2D eigenvalue weighted by atomic mass is 16.5. The Bertz CT molecular complexity index is 439. The highest BCUT2D eigenvalue weighted by molar-refractivity contribution is 6.04. The fraction of sp³-hybridized carbons (Fsp3) is 0.429. The van der Waals surface area contributed by atoms with Gasteiger partial charge in [-0.2, -0.15) is 0 Å². The molecule has 0 fully saturated rings. The summed E-state index contributed by atoms with van der Waals surface area (Å²) in [7, 11) is 0. The van der Waals surface area contributed by atoms with E-state index in [2.05, 4.69) is 4.99 Å². The van der Waals surface area contributed by atoms with Crippen molar-refractivity contribution in [3.63, 3.8) is 0 Å². The predicted octanol–water partition coefficient (Wildman–Crippen LogP) is 2.59. The lowest BCUT2D eigenvalue weighted by Crippen LogP contribution is -2.32. The summed E-state index contributed by atoms with van der Waals surface area (Å²) in [4.78, 5) is 16.4. The first-order valence-corrected chi connectivity index (χ1v) is 5.97. The van der Waals surface area contributed by atoms with Crippen LogP contribution in [0.15, 0.2) is 35.3 Å². The van der Waals surface area contributed by atoms with E-state index in [1.807, 2.05) is 44.2 Å². The Kier molecular flexibility index (Phi) is 3.27. The van der Waals surface area contributed by atoms with Crippen molar-refractivity contribution >= 4 is 11.7 Å². The summed E-state index contributed by atoms with van der Waals surface area (Å²) in [6.07, 6.45) is 1.56. The van der Waals surface area contributed by atoms with Crippen molar-refractivity contribution < 1.29 is 9.53 Å². The SMILES string of the molecule is CCOC(=O)[C@@]1(C)CCC(c2ccccc2)=N1. The number of hydrogen-bond donors (Lipinski definition) is 0. The predicted molar refractivity (Wildman–Crippen MR) is 67.3 cm³/mol. The van der Waals surface area contributed by atoms with E-state index in [1.165, 1.54) is 0 Å². The largest absolute Gasteiger partial charge is 0.464 e. The van der Waals surface area contributed by atoms with E-state index in [0.717, 1.165) is 24.1 Å². The highest BCUT2D eigenvalue weighted by Gasteiger charge is 2.38. The Hall–Kier alpha value is -1.64. The average molecular weight is 231 g/mol. The molecule has 2 rings (SSSR count). The fourth-order valence-electron chi connectivity index (χ4n) is 2.05. The van der Waals surface area contributed by atoms with Crippen LogP contribution in [-0.4, -0.2) is 23.8 Å². The summed E-state index contributed by atoms with van der Waals surface area (Å²) in [5.74, 6) is -0.217. The lowest BCUT2D eigenvalue weighted by atomic mass is 9.99. The molecule has 1 aromatic carbocycles. The van der Waals surface area contributed by atoms with Gasteiger partial charge in [0.1, 0.15) is 0 Å². The number of esters is 1. The first-order valence-electron chi connectivity index (χ1n) is 5.97. The molecule has 0 radical (unpaired) electrons. The van der Waals surface area contributed by atoms with Crippen LogP contribution in [0.2, 0.25) is 0 Å². The van der Waals surface area contributed by atoms with Crippen LogP contribution in [0.25, 0.3) is 0 Å². The molecule has 3 nitrogen and oxygen atoms in total. The fourth-order valence-corrected chi connectivity index (χ4v) is 2.05. The number of hydrogen-bond acceptors (Lipinski definition) is 3. The van der Waals surface area contributed by atoms with Gasteiger partial charge in [0.25, 0.3) is 0 Å². The van der Waals surface area contributed by atoms with E-state index in [0.29, 0.717) is 6.61 Å². The number of carbonyl (C=O) groups is 1. The van der Waals surface area contributed by atoms with Crippen molar-refractivity contribution in [2.45, 2.75) is 32.2 Å². The van der Waals surface area contributed by atoms with Crippen molar-refractivity contribution in [2.24, 2.45) is 4.99 Å². The maximum Gasteiger partial charge on any atom is 0.333 e. The van der Waals surface area contributed by atoms with Crippen LogP contribution in [-0.2, 0) is 9.53 Å². The molecule has 1 heterocycles. The number of ether oxygens (including phenoxy) is 1. The molecule has 0 spiro atoms. The average Bonchev–Trinajstić information content (AvgIpc) is 2.75. The Morgan fingerprint density at radius 2 is 2.12 bits per heavy atom. The second kappa shape index (κ2) is 4.70. The van der Waals surface area contributed by atoms with Crippen molar-refractivity contribution in [3.8, 4) is 0 Å². The standard InChI is InChI=1S/C14H17NO2/c1-3-17-13(16)14(2)10-9-12(15-14)11-7-5-4-6-8-11/h4-8H,3,9-10H2,1-2H3/t14-/m1/s1. The summed E-state index contributed by atoms with van der Waals surface area (Å²) in [5.41, 5.74) is 1.41. The van der Waals surface area contributed by atoms with E-state index >= 15 is 0 Å². The molecule has 0 N–H and O–H groups in total. The maximum absolute atomic E-state index is 11.8. The zero-order chi connectivity index (χ0) is 12.3. The van der Waals surface area contributed by atoms with Gasteiger partial charge in [0, 0.05) is 5.71 Å². The zero-order valence-electron chi connectivity index (χ0n) is 10.3. The number of aliphatic imine (C=N–C) groups is 1. The Labute approximate surface area is 102 Å². The molecular formula is C14H17NO2. The van der Waals surface area contributed by atoms with E-state index < -0.39 is 5.54 Å². The monoisotopic (exact) mass is 231 g/mol. The smallest absolute Gasteiger partial charge is 0.333 e. The van der Waals surface area contributed by atoms with Crippen LogP contribution in [0, 0.1) is 0 Å². The number of benzene rings is 1. The van der Waals surface area contributed by atoms with Crippen molar-refractivity contribution in [1.82, 2.24) is 0 Å². The number of rotatable bonds is 3. The normalized spacial score (nSPS) is 23.3. The van der Waals surface area contributed by atoms with E-state index in [9.17, 15) is 4.79 Å².